The highest BCUT2D eigenvalue weighted by molar-refractivity contribution is 5.93. The van der Waals surface area contributed by atoms with E-state index in [9.17, 15) is 9.59 Å². The summed E-state index contributed by atoms with van der Waals surface area (Å²) in [5.74, 6) is 0. The summed E-state index contributed by atoms with van der Waals surface area (Å²) < 4.78 is 5.26. The average molecular weight is 266 g/mol. The van der Waals surface area contributed by atoms with E-state index < -0.39 is 17.7 Å². The van der Waals surface area contributed by atoms with Gasteiger partial charge >= 0.3 is 12.1 Å². The molecule has 19 heavy (non-hydrogen) atoms. The fraction of sp³-hybridized carbons (Fsp3) is 0.571. The van der Waals surface area contributed by atoms with Gasteiger partial charge in [-0.15, -0.1) is 13.2 Å². The Kier molecular flexibility index (Phi) is 4.75. The van der Waals surface area contributed by atoms with Gasteiger partial charge in [0.25, 0.3) is 0 Å². The van der Waals surface area contributed by atoms with Crippen molar-refractivity contribution >= 4 is 12.1 Å². The van der Waals surface area contributed by atoms with E-state index in [2.05, 4.69) is 18.5 Å². The molecule has 5 heteroatoms. The van der Waals surface area contributed by atoms with Crippen LogP contribution in [0.5, 0.6) is 0 Å². The Morgan fingerprint density at radius 2 is 1.95 bits per heavy atom. The predicted molar refractivity (Wildman–Crippen MR) is 73.8 cm³/mol. The lowest BCUT2D eigenvalue weighted by Crippen LogP contribution is -2.43. The molecule has 0 unspecified atom stereocenters. The number of nitrogens with one attached hydrogen (secondary N) is 1. The molecule has 0 spiro atoms. The standard InChI is InChI=1S/C14H22N2O3/c1-6-8-10-11(9-7-2)16(12(17)15-10)13(18)19-14(3,4)5/h6-7,10-11H,1-2,8-9H2,3-5H3,(H,15,17)/t10-,11-/m0/s1. The quantitative estimate of drug-likeness (QED) is 0.796. The van der Waals surface area contributed by atoms with Crippen LogP contribution in [0.4, 0.5) is 9.59 Å². The minimum absolute atomic E-state index is 0.143. The van der Waals surface area contributed by atoms with Crippen LogP contribution in [-0.4, -0.2) is 34.7 Å². The zero-order valence-corrected chi connectivity index (χ0v) is 11.8. The molecule has 0 aromatic heterocycles. The number of ether oxygens (including phenoxy) is 1. The normalized spacial score (nSPS) is 22.9. The molecule has 5 nitrogen and oxygen atoms in total. The number of nitrogens with zero attached hydrogens (tertiary/aromatic N) is 1. The predicted octanol–water partition coefficient (Wildman–Crippen LogP) is 2.84. The number of amides is 3. The molecule has 1 N–H and O–H groups in total. The van der Waals surface area contributed by atoms with E-state index in [-0.39, 0.29) is 12.1 Å². The maximum atomic E-state index is 12.1. The van der Waals surface area contributed by atoms with Gasteiger partial charge in [0.2, 0.25) is 0 Å². The molecule has 3 amide bonds. The van der Waals surface area contributed by atoms with Gasteiger partial charge in [-0.1, -0.05) is 12.2 Å². The second kappa shape index (κ2) is 5.91. The Balaban J connectivity index is 2.89. The second-order valence-electron chi connectivity index (χ2n) is 5.52. The fourth-order valence-corrected chi connectivity index (χ4v) is 2.02. The van der Waals surface area contributed by atoms with Crippen molar-refractivity contribution in [1.29, 1.82) is 0 Å². The van der Waals surface area contributed by atoms with E-state index in [1.807, 2.05) is 0 Å². The van der Waals surface area contributed by atoms with Crippen LogP contribution >= 0.6 is 0 Å². The van der Waals surface area contributed by atoms with Crippen LogP contribution in [0.2, 0.25) is 0 Å². The first kappa shape index (κ1) is 15.3. The first-order valence-electron chi connectivity index (χ1n) is 6.34. The highest BCUT2D eigenvalue weighted by atomic mass is 16.6. The summed E-state index contributed by atoms with van der Waals surface area (Å²) in [6.07, 6.45) is 3.92. The number of carbonyl (C=O) groups excluding carboxylic acids is 2. The minimum Gasteiger partial charge on any atom is -0.443 e. The van der Waals surface area contributed by atoms with Crippen molar-refractivity contribution in [2.45, 2.75) is 51.3 Å². The molecule has 1 saturated heterocycles. The maximum Gasteiger partial charge on any atom is 0.418 e. The molecular formula is C14H22N2O3. The molecule has 1 aliphatic heterocycles. The molecule has 1 fully saturated rings. The van der Waals surface area contributed by atoms with Crippen molar-refractivity contribution in [1.82, 2.24) is 10.2 Å². The Morgan fingerprint density at radius 1 is 1.37 bits per heavy atom. The molecule has 0 radical (unpaired) electrons. The molecule has 0 aromatic carbocycles. The number of hydrogen-bond acceptors (Lipinski definition) is 3. The summed E-state index contributed by atoms with van der Waals surface area (Å²) in [5, 5.41) is 2.77. The third kappa shape index (κ3) is 3.84. The third-order valence-corrected chi connectivity index (χ3v) is 2.74. The van der Waals surface area contributed by atoms with Gasteiger partial charge in [0.15, 0.2) is 0 Å². The molecule has 0 saturated carbocycles. The van der Waals surface area contributed by atoms with Gasteiger partial charge in [0.1, 0.15) is 5.60 Å². The molecule has 1 heterocycles. The smallest absolute Gasteiger partial charge is 0.418 e. The van der Waals surface area contributed by atoms with E-state index in [1.54, 1.807) is 32.9 Å². The van der Waals surface area contributed by atoms with E-state index in [0.717, 1.165) is 4.90 Å². The molecule has 106 valence electrons. The number of carbonyl (C=O) groups is 2. The van der Waals surface area contributed by atoms with Gasteiger partial charge in [0, 0.05) is 0 Å². The number of hydrogen-bond donors (Lipinski definition) is 1. The highest BCUT2D eigenvalue weighted by Gasteiger charge is 2.43. The van der Waals surface area contributed by atoms with E-state index in [4.69, 9.17) is 4.74 Å². The molecule has 2 atom stereocenters. The van der Waals surface area contributed by atoms with Gasteiger partial charge in [-0.05, 0) is 33.6 Å². The molecule has 0 aromatic rings. The highest BCUT2D eigenvalue weighted by Crippen LogP contribution is 2.23. The Morgan fingerprint density at radius 3 is 2.42 bits per heavy atom. The topological polar surface area (TPSA) is 58.6 Å². The Bertz CT molecular complexity index is 385. The van der Waals surface area contributed by atoms with E-state index in [1.165, 1.54) is 0 Å². The van der Waals surface area contributed by atoms with Crippen LogP contribution in [0.25, 0.3) is 0 Å². The van der Waals surface area contributed by atoms with E-state index in [0.29, 0.717) is 12.8 Å². The van der Waals surface area contributed by atoms with Crippen molar-refractivity contribution in [3.8, 4) is 0 Å². The number of rotatable bonds is 4. The molecular weight excluding hydrogens is 244 g/mol. The zero-order chi connectivity index (χ0) is 14.6. The van der Waals surface area contributed by atoms with Crippen LogP contribution in [0.15, 0.2) is 25.3 Å². The summed E-state index contributed by atoms with van der Waals surface area (Å²) in [6, 6.07) is -0.846. The lowest BCUT2D eigenvalue weighted by atomic mass is 10.0. The van der Waals surface area contributed by atoms with E-state index >= 15 is 0 Å². The zero-order valence-electron chi connectivity index (χ0n) is 11.8. The van der Waals surface area contributed by atoms with Gasteiger partial charge in [-0.3, -0.25) is 0 Å². The first-order valence-corrected chi connectivity index (χ1v) is 6.34. The molecule has 0 bridgehead atoms. The van der Waals surface area contributed by atoms with Gasteiger partial charge in [-0.25, -0.2) is 14.5 Å². The number of urea groups is 1. The summed E-state index contributed by atoms with van der Waals surface area (Å²) >= 11 is 0. The van der Waals surface area contributed by atoms with Gasteiger partial charge in [0.05, 0.1) is 12.1 Å². The van der Waals surface area contributed by atoms with Gasteiger partial charge in [-0.2, -0.15) is 0 Å². The largest absolute Gasteiger partial charge is 0.443 e. The lowest BCUT2D eigenvalue weighted by Gasteiger charge is -2.27. The van der Waals surface area contributed by atoms with Crippen molar-refractivity contribution in [2.24, 2.45) is 0 Å². The Labute approximate surface area is 114 Å². The number of imide groups is 1. The summed E-state index contributed by atoms with van der Waals surface area (Å²) in [6.45, 7) is 12.6. The first-order chi connectivity index (χ1) is 8.80. The van der Waals surface area contributed by atoms with Crippen molar-refractivity contribution < 1.29 is 14.3 Å². The van der Waals surface area contributed by atoms with Gasteiger partial charge < -0.3 is 10.1 Å². The maximum absolute atomic E-state index is 12.1. The minimum atomic E-state index is -0.632. The monoisotopic (exact) mass is 266 g/mol. The third-order valence-electron chi connectivity index (χ3n) is 2.74. The van der Waals surface area contributed by atoms with Crippen LogP contribution in [-0.2, 0) is 4.74 Å². The van der Waals surface area contributed by atoms with Crippen LogP contribution in [0.1, 0.15) is 33.6 Å². The molecule has 1 rings (SSSR count). The van der Waals surface area contributed by atoms with Crippen molar-refractivity contribution in [3.63, 3.8) is 0 Å². The summed E-state index contributed by atoms with van der Waals surface area (Å²) in [5.41, 5.74) is -0.632. The van der Waals surface area contributed by atoms with Crippen LogP contribution < -0.4 is 5.32 Å². The van der Waals surface area contributed by atoms with Crippen LogP contribution in [0, 0.1) is 0 Å². The van der Waals surface area contributed by atoms with Crippen molar-refractivity contribution in [3.05, 3.63) is 25.3 Å². The molecule has 0 aliphatic carbocycles. The lowest BCUT2D eigenvalue weighted by molar-refractivity contribution is 0.0290. The van der Waals surface area contributed by atoms with Crippen molar-refractivity contribution in [2.75, 3.05) is 0 Å². The summed E-state index contributed by atoms with van der Waals surface area (Å²) in [7, 11) is 0. The molecule has 1 aliphatic rings. The fourth-order valence-electron chi connectivity index (χ4n) is 2.02. The SMILES string of the molecule is C=CC[C@@H]1NC(=O)N(C(=O)OC(C)(C)C)[C@H]1CC=C. The average Bonchev–Trinajstić information content (AvgIpc) is 2.54. The second-order valence-corrected chi connectivity index (χ2v) is 5.52. The summed E-state index contributed by atoms with van der Waals surface area (Å²) in [4.78, 5) is 25.1. The van der Waals surface area contributed by atoms with Crippen LogP contribution in [0.3, 0.4) is 0 Å². The Hall–Kier alpha value is -1.78.